The summed E-state index contributed by atoms with van der Waals surface area (Å²) in [6.07, 6.45) is 6.67. The highest BCUT2D eigenvalue weighted by Gasteiger charge is 2.34. The molecule has 2 aromatic carbocycles. The van der Waals surface area contributed by atoms with Gasteiger partial charge in [-0.1, -0.05) is 49.6 Å². The minimum Gasteiger partial charge on any atom is -0.454 e. The molecule has 0 radical (unpaired) electrons. The number of amides is 1. The second kappa shape index (κ2) is 7.66. The zero-order chi connectivity index (χ0) is 19.8. The molecular weight excluding hydrogens is 362 g/mol. The molecule has 2 aromatic rings. The lowest BCUT2D eigenvalue weighted by molar-refractivity contribution is 0.0251. The van der Waals surface area contributed by atoms with Crippen LogP contribution >= 0.6 is 0 Å². The lowest BCUT2D eigenvalue weighted by Crippen LogP contribution is -2.44. The number of fused-ring (bicyclic) bond motifs is 2. The van der Waals surface area contributed by atoms with E-state index < -0.39 is 0 Å². The average Bonchev–Trinajstić information content (AvgIpc) is 2.78. The van der Waals surface area contributed by atoms with E-state index in [4.69, 9.17) is 4.74 Å². The molecule has 3 aliphatic rings. The summed E-state index contributed by atoms with van der Waals surface area (Å²) in [5.74, 6) is 1.27. The maximum absolute atomic E-state index is 13.2. The van der Waals surface area contributed by atoms with Crippen LogP contribution in [-0.4, -0.2) is 29.9 Å². The van der Waals surface area contributed by atoms with Gasteiger partial charge in [0.1, 0.15) is 6.10 Å². The van der Waals surface area contributed by atoms with Crippen molar-refractivity contribution in [3.05, 3.63) is 70.8 Å². The SMILES string of the molecule is O=C1O[C@H](c2ccccc2)Cc2cc(C(=O)N3CC[C@H]4CCCC[C@@H]4C3)ccc21. The van der Waals surface area contributed by atoms with Gasteiger partial charge < -0.3 is 9.64 Å². The number of hydrogen-bond acceptors (Lipinski definition) is 3. The van der Waals surface area contributed by atoms with Gasteiger partial charge >= 0.3 is 5.97 Å². The summed E-state index contributed by atoms with van der Waals surface area (Å²) < 4.78 is 5.64. The Bertz CT molecular complexity index is 923. The Kier molecular flexibility index (Phi) is 4.86. The lowest BCUT2D eigenvalue weighted by atomic mass is 9.75. The predicted octanol–water partition coefficient (Wildman–Crippen LogP) is 4.79. The molecule has 1 aliphatic carbocycles. The third-order valence-corrected chi connectivity index (χ3v) is 6.98. The maximum Gasteiger partial charge on any atom is 0.339 e. The number of hydrogen-bond donors (Lipinski definition) is 0. The van der Waals surface area contributed by atoms with Crippen molar-refractivity contribution < 1.29 is 14.3 Å². The van der Waals surface area contributed by atoms with Crippen molar-refractivity contribution >= 4 is 11.9 Å². The second-order valence-electron chi connectivity index (χ2n) is 8.73. The number of piperidine rings is 1. The molecule has 4 nitrogen and oxygen atoms in total. The monoisotopic (exact) mass is 389 g/mol. The highest BCUT2D eigenvalue weighted by molar-refractivity contribution is 5.97. The molecule has 1 saturated carbocycles. The summed E-state index contributed by atoms with van der Waals surface area (Å²) in [6, 6.07) is 15.3. The van der Waals surface area contributed by atoms with Gasteiger partial charge in [-0.2, -0.15) is 0 Å². The van der Waals surface area contributed by atoms with Gasteiger partial charge in [0.2, 0.25) is 0 Å². The molecule has 2 fully saturated rings. The summed E-state index contributed by atoms with van der Waals surface area (Å²) in [7, 11) is 0. The van der Waals surface area contributed by atoms with Gasteiger partial charge in [-0.25, -0.2) is 4.79 Å². The van der Waals surface area contributed by atoms with Crippen LogP contribution in [0.1, 0.15) is 70.1 Å². The molecule has 1 amide bonds. The Hall–Kier alpha value is -2.62. The molecule has 3 atom stereocenters. The van der Waals surface area contributed by atoms with Crippen molar-refractivity contribution in [2.24, 2.45) is 11.8 Å². The Morgan fingerprint density at radius 1 is 0.966 bits per heavy atom. The standard InChI is InChI=1S/C25H27NO3/c27-24(26-13-12-17-6-4-5-9-20(17)16-26)19-10-11-22-21(14-19)15-23(29-25(22)28)18-7-2-1-3-8-18/h1-3,7-8,10-11,14,17,20,23H,4-6,9,12-13,15-16H2/t17-,20-,23+/m1/s1. The molecule has 0 aromatic heterocycles. The zero-order valence-corrected chi connectivity index (χ0v) is 16.7. The Balaban J connectivity index is 1.36. The van der Waals surface area contributed by atoms with E-state index in [2.05, 4.69) is 0 Å². The van der Waals surface area contributed by atoms with Crippen LogP contribution in [-0.2, 0) is 11.2 Å². The van der Waals surface area contributed by atoms with E-state index in [9.17, 15) is 9.59 Å². The predicted molar refractivity (Wildman–Crippen MR) is 111 cm³/mol. The van der Waals surface area contributed by atoms with Gasteiger partial charge in [0.25, 0.3) is 5.91 Å². The molecule has 2 aliphatic heterocycles. The van der Waals surface area contributed by atoms with Crippen LogP contribution in [0.25, 0.3) is 0 Å². The van der Waals surface area contributed by atoms with Gasteiger partial charge in [-0.15, -0.1) is 0 Å². The number of nitrogens with zero attached hydrogens (tertiary/aromatic N) is 1. The fourth-order valence-electron chi connectivity index (χ4n) is 5.35. The van der Waals surface area contributed by atoms with Gasteiger partial charge in [0, 0.05) is 25.1 Å². The summed E-state index contributed by atoms with van der Waals surface area (Å²) in [6.45, 7) is 1.74. The Labute approximate surface area is 171 Å². The lowest BCUT2D eigenvalue weighted by Gasteiger charge is -2.41. The first-order chi connectivity index (χ1) is 14.2. The number of likely N-dealkylation sites (tertiary alicyclic amines) is 1. The minimum atomic E-state index is -0.304. The van der Waals surface area contributed by atoms with E-state index in [1.165, 1.54) is 25.7 Å². The molecule has 0 spiro atoms. The van der Waals surface area contributed by atoms with E-state index in [0.29, 0.717) is 23.5 Å². The molecular formula is C25H27NO3. The van der Waals surface area contributed by atoms with Gasteiger partial charge in [-0.3, -0.25) is 4.79 Å². The third-order valence-electron chi connectivity index (χ3n) is 6.98. The van der Waals surface area contributed by atoms with Crippen LogP contribution in [0.3, 0.4) is 0 Å². The minimum absolute atomic E-state index is 0.104. The summed E-state index contributed by atoms with van der Waals surface area (Å²) in [5.41, 5.74) is 3.18. The van der Waals surface area contributed by atoms with Gasteiger partial charge in [0.05, 0.1) is 5.56 Å². The first-order valence-electron chi connectivity index (χ1n) is 10.9. The Morgan fingerprint density at radius 2 is 1.76 bits per heavy atom. The molecule has 0 bridgehead atoms. The topological polar surface area (TPSA) is 46.6 Å². The zero-order valence-electron chi connectivity index (χ0n) is 16.7. The van der Waals surface area contributed by atoms with E-state index in [1.807, 2.05) is 41.3 Å². The summed E-state index contributed by atoms with van der Waals surface area (Å²) in [5, 5.41) is 0. The molecule has 2 heterocycles. The molecule has 4 heteroatoms. The third kappa shape index (κ3) is 3.57. The number of esters is 1. The molecule has 1 saturated heterocycles. The summed E-state index contributed by atoms with van der Waals surface area (Å²) >= 11 is 0. The van der Waals surface area contributed by atoms with Crippen LogP contribution in [0, 0.1) is 11.8 Å². The van der Waals surface area contributed by atoms with Crippen molar-refractivity contribution in [2.45, 2.75) is 44.6 Å². The molecule has 0 unspecified atom stereocenters. The number of ether oxygens (including phenoxy) is 1. The van der Waals surface area contributed by atoms with Crippen molar-refractivity contribution in [3.8, 4) is 0 Å². The highest BCUT2D eigenvalue weighted by atomic mass is 16.5. The molecule has 150 valence electrons. The van der Waals surface area contributed by atoms with E-state index >= 15 is 0 Å². The number of cyclic esters (lactones) is 1. The van der Waals surface area contributed by atoms with Crippen LogP contribution in [0.4, 0.5) is 0 Å². The Morgan fingerprint density at radius 3 is 2.59 bits per heavy atom. The van der Waals surface area contributed by atoms with Crippen molar-refractivity contribution in [1.82, 2.24) is 4.90 Å². The van der Waals surface area contributed by atoms with Crippen LogP contribution < -0.4 is 0 Å². The molecule has 0 N–H and O–H groups in total. The fraction of sp³-hybridized carbons (Fsp3) is 0.440. The first-order valence-corrected chi connectivity index (χ1v) is 10.9. The number of carbonyl (C=O) groups excluding carboxylic acids is 2. The smallest absolute Gasteiger partial charge is 0.339 e. The van der Waals surface area contributed by atoms with Crippen LogP contribution in [0.5, 0.6) is 0 Å². The molecule has 29 heavy (non-hydrogen) atoms. The van der Waals surface area contributed by atoms with Crippen molar-refractivity contribution in [2.75, 3.05) is 13.1 Å². The second-order valence-corrected chi connectivity index (χ2v) is 8.73. The fourth-order valence-corrected chi connectivity index (χ4v) is 5.35. The summed E-state index contributed by atoms with van der Waals surface area (Å²) in [4.78, 5) is 27.7. The van der Waals surface area contributed by atoms with E-state index in [1.54, 1.807) is 12.1 Å². The quantitative estimate of drug-likeness (QED) is 0.694. The molecule has 5 rings (SSSR count). The van der Waals surface area contributed by atoms with Crippen molar-refractivity contribution in [3.63, 3.8) is 0 Å². The van der Waals surface area contributed by atoms with E-state index in [-0.39, 0.29) is 18.0 Å². The highest BCUT2D eigenvalue weighted by Crippen LogP contribution is 2.37. The maximum atomic E-state index is 13.2. The number of rotatable bonds is 2. The van der Waals surface area contributed by atoms with Crippen LogP contribution in [0.2, 0.25) is 0 Å². The van der Waals surface area contributed by atoms with Crippen molar-refractivity contribution in [1.29, 1.82) is 0 Å². The van der Waals surface area contributed by atoms with Gasteiger partial charge in [-0.05, 0) is 54.0 Å². The van der Waals surface area contributed by atoms with Crippen LogP contribution in [0.15, 0.2) is 48.5 Å². The normalized spacial score (nSPS) is 26.3. The first kappa shape index (κ1) is 18.4. The largest absolute Gasteiger partial charge is 0.454 e. The number of carbonyl (C=O) groups is 2. The average molecular weight is 389 g/mol. The van der Waals surface area contributed by atoms with E-state index in [0.717, 1.165) is 36.6 Å². The van der Waals surface area contributed by atoms with Gasteiger partial charge in [0.15, 0.2) is 0 Å². The number of benzene rings is 2.